The molecule has 0 unspecified atom stereocenters. The molecule has 3 aliphatic rings. The lowest BCUT2D eigenvalue weighted by atomic mass is 9.82. The number of rotatable bonds is 3. The largest absolute Gasteiger partial charge is 0.329 e. The summed E-state index contributed by atoms with van der Waals surface area (Å²) in [6.07, 6.45) is 13.4. The third kappa shape index (κ3) is 2.89. The van der Waals surface area contributed by atoms with Crippen LogP contribution in [0.15, 0.2) is 30.5 Å². The third-order valence-corrected chi connectivity index (χ3v) is 6.79. The zero-order valence-electron chi connectivity index (χ0n) is 14.6. The van der Waals surface area contributed by atoms with Gasteiger partial charge in [0.1, 0.15) is 0 Å². The van der Waals surface area contributed by atoms with E-state index >= 15 is 0 Å². The molecule has 1 spiro atoms. The summed E-state index contributed by atoms with van der Waals surface area (Å²) in [7, 11) is 0. The van der Waals surface area contributed by atoms with Crippen LogP contribution in [0.2, 0.25) is 10.0 Å². The average Bonchev–Trinajstić information content (AvgIpc) is 3.26. The average molecular weight is 389 g/mol. The number of nitrogens with one attached hydrogen (secondary N) is 2. The molecule has 2 heterocycles. The van der Waals surface area contributed by atoms with E-state index < -0.39 is 0 Å². The molecule has 0 radical (unpaired) electrons. The van der Waals surface area contributed by atoms with E-state index in [2.05, 4.69) is 27.5 Å². The van der Waals surface area contributed by atoms with Crippen molar-refractivity contribution in [3.63, 3.8) is 0 Å². The monoisotopic (exact) mass is 388 g/mol. The first-order chi connectivity index (χ1) is 12.6. The van der Waals surface area contributed by atoms with Crippen molar-refractivity contribution < 1.29 is 0 Å². The Kier molecular flexibility index (Phi) is 3.94. The quantitative estimate of drug-likeness (QED) is 0.671. The highest BCUT2D eigenvalue weighted by Crippen LogP contribution is 2.56. The van der Waals surface area contributed by atoms with Gasteiger partial charge in [-0.15, -0.1) is 0 Å². The summed E-state index contributed by atoms with van der Waals surface area (Å²) in [6.45, 7) is 0. The Bertz CT molecular complexity index is 838. The van der Waals surface area contributed by atoms with Crippen molar-refractivity contribution >= 4 is 40.7 Å². The van der Waals surface area contributed by atoms with Crippen LogP contribution < -0.4 is 10.2 Å². The maximum absolute atomic E-state index is 6.28. The maximum Gasteiger partial charge on any atom is 0.207 e. The Hall–Kier alpha value is -1.65. The fourth-order valence-corrected chi connectivity index (χ4v) is 4.86. The second-order valence-electron chi connectivity index (χ2n) is 7.84. The first-order valence-electron chi connectivity index (χ1n) is 9.39. The number of hydrogen-bond donors (Lipinski definition) is 2. The van der Waals surface area contributed by atoms with Gasteiger partial charge in [0.05, 0.1) is 21.4 Å². The van der Waals surface area contributed by atoms with E-state index in [-0.39, 0.29) is 0 Å². The molecule has 4 nitrogen and oxygen atoms in total. The van der Waals surface area contributed by atoms with E-state index in [0.29, 0.717) is 33.1 Å². The number of aromatic nitrogens is 2. The summed E-state index contributed by atoms with van der Waals surface area (Å²) < 4.78 is 0. The molecule has 1 aliphatic heterocycles. The fraction of sp³-hybridized carbons (Fsp3) is 0.450. The summed E-state index contributed by atoms with van der Waals surface area (Å²) in [5, 5.41) is 4.43. The molecule has 26 heavy (non-hydrogen) atoms. The highest BCUT2D eigenvalue weighted by atomic mass is 35.5. The van der Waals surface area contributed by atoms with Gasteiger partial charge in [0.2, 0.25) is 5.95 Å². The van der Waals surface area contributed by atoms with Gasteiger partial charge in [-0.3, -0.25) is 0 Å². The number of allylic oxidation sites excluding steroid dienone is 1. The highest BCUT2D eigenvalue weighted by Gasteiger charge is 2.45. The van der Waals surface area contributed by atoms with Gasteiger partial charge in [0.25, 0.3) is 0 Å². The topological polar surface area (TPSA) is 44.0 Å². The van der Waals surface area contributed by atoms with Crippen LogP contribution >= 0.6 is 23.2 Å². The third-order valence-electron chi connectivity index (χ3n) is 6.16. The number of H-pyrrole nitrogens is 1. The summed E-state index contributed by atoms with van der Waals surface area (Å²) in [6, 6.07) is 6.03. The summed E-state index contributed by atoms with van der Waals surface area (Å²) in [4.78, 5) is 10.6. The van der Waals surface area contributed by atoms with Crippen LogP contribution in [0.25, 0.3) is 0 Å². The van der Waals surface area contributed by atoms with E-state index in [4.69, 9.17) is 28.2 Å². The van der Waals surface area contributed by atoms with Gasteiger partial charge in [-0.2, -0.15) is 4.98 Å². The Labute approximate surface area is 163 Å². The van der Waals surface area contributed by atoms with Gasteiger partial charge in [-0.05, 0) is 56.1 Å². The molecule has 1 aromatic carbocycles. The number of benzene rings is 1. The molecule has 2 aliphatic carbocycles. The minimum Gasteiger partial charge on any atom is -0.329 e. The predicted molar refractivity (Wildman–Crippen MR) is 108 cm³/mol. The Morgan fingerprint density at radius 2 is 1.85 bits per heavy atom. The molecule has 0 amide bonds. The van der Waals surface area contributed by atoms with Gasteiger partial charge < -0.3 is 15.2 Å². The van der Waals surface area contributed by atoms with Crippen molar-refractivity contribution in [3.05, 3.63) is 46.2 Å². The summed E-state index contributed by atoms with van der Waals surface area (Å²) in [5.74, 6) is 1.73. The van der Waals surface area contributed by atoms with E-state index in [9.17, 15) is 0 Å². The van der Waals surface area contributed by atoms with Crippen molar-refractivity contribution in [2.45, 2.75) is 51.0 Å². The van der Waals surface area contributed by atoms with Gasteiger partial charge in [0.15, 0.2) is 5.82 Å². The fourth-order valence-electron chi connectivity index (χ4n) is 4.37. The zero-order valence-corrected chi connectivity index (χ0v) is 16.1. The number of hydrogen-bond acceptors (Lipinski definition) is 3. The smallest absolute Gasteiger partial charge is 0.207 e. The first-order valence-corrected chi connectivity index (χ1v) is 10.1. The molecule has 136 valence electrons. The van der Waals surface area contributed by atoms with Crippen LogP contribution in [-0.4, -0.2) is 16.0 Å². The first kappa shape index (κ1) is 16.5. The molecular weight excluding hydrogens is 367 g/mol. The molecule has 2 N–H and O–H groups in total. The van der Waals surface area contributed by atoms with Crippen molar-refractivity contribution in [2.24, 2.45) is 5.41 Å². The molecule has 5 rings (SSSR count). The van der Waals surface area contributed by atoms with Gasteiger partial charge in [-0.25, -0.2) is 0 Å². The summed E-state index contributed by atoms with van der Waals surface area (Å²) >= 11 is 12.6. The van der Waals surface area contributed by atoms with E-state index in [1.807, 2.05) is 18.2 Å². The van der Waals surface area contributed by atoms with Crippen LogP contribution in [0.5, 0.6) is 0 Å². The Morgan fingerprint density at radius 1 is 1.12 bits per heavy atom. The number of anilines is 3. The highest BCUT2D eigenvalue weighted by molar-refractivity contribution is 6.39. The second kappa shape index (κ2) is 6.21. The number of fused-ring (bicyclic) bond motifs is 1. The van der Waals surface area contributed by atoms with Crippen LogP contribution in [0, 0.1) is 5.41 Å². The maximum atomic E-state index is 6.28. The molecule has 2 saturated carbocycles. The molecule has 2 aromatic rings. The van der Waals surface area contributed by atoms with Crippen molar-refractivity contribution in [3.8, 4) is 0 Å². The zero-order chi connectivity index (χ0) is 17.7. The van der Waals surface area contributed by atoms with Crippen LogP contribution in [0.4, 0.5) is 17.5 Å². The standard InChI is InChI=1S/C20H22Cl2N4/c21-14-3-1-4-15(22)17(14)24-19-23-16-5-2-12-26(18(16)25-19)13-6-8-20(9-7-13)10-11-20/h1-4,12-13H,5-11H2,(H2,23,24,25). The number of para-hydroxylation sites is 1. The lowest BCUT2D eigenvalue weighted by Gasteiger charge is -2.37. The molecule has 0 atom stereocenters. The minimum absolute atomic E-state index is 0.552. The van der Waals surface area contributed by atoms with Gasteiger partial charge >= 0.3 is 0 Å². The van der Waals surface area contributed by atoms with Crippen molar-refractivity contribution in [2.75, 3.05) is 10.2 Å². The van der Waals surface area contributed by atoms with E-state index in [1.165, 1.54) is 38.5 Å². The van der Waals surface area contributed by atoms with Crippen LogP contribution in [0.3, 0.4) is 0 Å². The van der Waals surface area contributed by atoms with Gasteiger partial charge in [-0.1, -0.05) is 35.3 Å². The van der Waals surface area contributed by atoms with Crippen molar-refractivity contribution in [1.82, 2.24) is 9.97 Å². The molecule has 1 aromatic heterocycles. The molecule has 2 fully saturated rings. The minimum atomic E-state index is 0.552. The van der Waals surface area contributed by atoms with Crippen molar-refractivity contribution in [1.29, 1.82) is 0 Å². The predicted octanol–water partition coefficient (Wildman–Crippen LogP) is 6.06. The van der Waals surface area contributed by atoms with Crippen LogP contribution in [0.1, 0.15) is 44.2 Å². The summed E-state index contributed by atoms with van der Waals surface area (Å²) in [5.41, 5.74) is 2.54. The Morgan fingerprint density at radius 3 is 2.54 bits per heavy atom. The molecule has 6 heteroatoms. The molecule has 0 bridgehead atoms. The van der Waals surface area contributed by atoms with Gasteiger partial charge in [0, 0.05) is 18.7 Å². The SMILES string of the molecule is Clc1cccc(Cl)c1Nc1nc2c([nH]1)CC=CN2C1CCC2(CC1)CC2. The number of nitrogens with zero attached hydrogens (tertiary/aromatic N) is 2. The van der Waals surface area contributed by atoms with Crippen LogP contribution in [-0.2, 0) is 6.42 Å². The second-order valence-corrected chi connectivity index (χ2v) is 8.65. The number of imidazole rings is 1. The normalized spacial score (nSPS) is 21.1. The lowest BCUT2D eigenvalue weighted by Crippen LogP contribution is -2.36. The van der Waals surface area contributed by atoms with E-state index in [1.54, 1.807) is 0 Å². The number of halogens is 2. The lowest BCUT2D eigenvalue weighted by molar-refractivity contribution is 0.303. The Balaban J connectivity index is 1.38. The molecular formula is C20H22Cl2N4. The molecule has 0 saturated heterocycles. The number of aromatic amines is 1. The van der Waals surface area contributed by atoms with E-state index in [0.717, 1.165) is 17.9 Å².